The van der Waals surface area contributed by atoms with Gasteiger partial charge >= 0.3 is 7.12 Å². The lowest BCUT2D eigenvalue weighted by molar-refractivity contribution is 0.00578. The predicted molar refractivity (Wildman–Crippen MR) is 83.4 cm³/mol. The maximum absolute atomic E-state index is 6.16. The molecule has 0 unspecified atom stereocenters. The van der Waals surface area contributed by atoms with E-state index >= 15 is 0 Å². The number of aromatic nitrogens is 1. The topological polar surface area (TPSA) is 31.4 Å². The minimum Gasteiger partial charge on any atom is -0.399 e. The summed E-state index contributed by atoms with van der Waals surface area (Å²) < 4.78 is 12.3. The zero-order chi connectivity index (χ0) is 15.3. The monoisotopic (exact) mass is 275 g/mol. The van der Waals surface area contributed by atoms with E-state index in [1.165, 1.54) is 0 Å². The van der Waals surface area contributed by atoms with Gasteiger partial charge < -0.3 is 9.31 Å². The summed E-state index contributed by atoms with van der Waals surface area (Å²) in [5.41, 5.74) is 2.44. The highest BCUT2D eigenvalue weighted by molar-refractivity contribution is 6.62. The van der Waals surface area contributed by atoms with Gasteiger partial charge in [0.15, 0.2) is 0 Å². The Morgan fingerprint density at radius 1 is 1.00 bits per heavy atom. The van der Waals surface area contributed by atoms with Crippen LogP contribution < -0.4 is 5.46 Å². The first kappa shape index (κ1) is 15.5. The molecule has 110 valence electrons. The van der Waals surface area contributed by atoms with Crippen LogP contribution in [0.15, 0.2) is 12.1 Å². The van der Waals surface area contributed by atoms with Crippen LogP contribution in [0.25, 0.3) is 0 Å². The van der Waals surface area contributed by atoms with Gasteiger partial charge in [0.1, 0.15) is 0 Å². The number of nitrogens with zero attached hydrogens (tertiary/aromatic N) is 1. The third kappa shape index (κ3) is 2.64. The Balaban J connectivity index is 2.46. The molecule has 1 aromatic heterocycles. The van der Waals surface area contributed by atoms with Crippen LogP contribution >= 0.6 is 0 Å². The second kappa shape index (κ2) is 4.57. The van der Waals surface area contributed by atoms with Crippen molar-refractivity contribution in [2.24, 2.45) is 0 Å². The van der Waals surface area contributed by atoms with Crippen molar-refractivity contribution in [2.45, 2.75) is 72.0 Å². The fraction of sp³-hybridized carbons (Fsp3) is 0.688. The molecule has 0 amide bonds. The first-order valence-electron chi connectivity index (χ1n) is 7.28. The van der Waals surface area contributed by atoms with Gasteiger partial charge in [0.25, 0.3) is 0 Å². The van der Waals surface area contributed by atoms with Gasteiger partial charge in [0.05, 0.1) is 11.2 Å². The third-order valence-corrected chi connectivity index (χ3v) is 4.28. The molecule has 0 aliphatic carbocycles. The fourth-order valence-electron chi connectivity index (χ4n) is 2.33. The van der Waals surface area contributed by atoms with E-state index in [4.69, 9.17) is 14.3 Å². The van der Waals surface area contributed by atoms with Gasteiger partial charge in [-0.25, -0.2) is 0 Å². The zero-order valence-electron chi connectivity index (χ0n) is 14.0. The van der Waals surface area contributed by atoms with E-state index in [1.54, 1.807) is 0 Å². The maximum atomic E-state index is 6.16. The summed E-state index contributed by atoms with van der Waals surface area (Å²) in [6, 6.07) is 4.11. The molecule has 0 N–H and O–H groups in total. The van der Waals surface area contributed by atoms with E-state index in [0.717, 1.165) is 16.9 Å². The molecule has 1 aromatic rings. The van der Waals surface area contributed by atoms with Crippen molar-refractivity contribution in [1.82, 2.24) is 4.98 Å². The van der Waals surface area contributed by atoms with Crippen molar-refractivity contribution in [1.29, 1.82) is 0 Å². The molecule has 1 aliphatic rings. The Morgan fingerprint density at radius 3 is 1.95 bits per heavy atom. The van der Waals surface area contributed by atoms with Crippen LogP contribution in [0.2, 0.25) is 0 Å². The summed E-state index contributed by atoms with van der Waals surface area (Å²) in [6.07, 6.45) is 0. The summed E-state index contributed by atoms with van der Waals surface area (Å²) in [7, 11) is -0.345. The highest BCUT2D eigenvalue weighted by Gasteiger charge is 2.52. The molecule has 2 heterocycles. The standard InChI is InChI=1S/C16H26BNO2/c1-11-9-10-12(13(18-11)14(2,3)4)17-19-15(5,6)16(7,8)20-17/h9-10H,1-8H3. The summed E-state index contributed by atoms with van der Waals surface area (Å²) in [6.45, 7) is 16.8. The van der Waals surface area contributed by atoms with E-state index in [2.05, 4.69) is 54.5 Å². The number of hydrogen-bond donors (Lipinski definition) is 0. The van der Waals surface area contributed by atoms with Crippen molar-refractivity contribution in [3.63, 3.8) is 0 Å². The van der Waals surface area contributed by atoms with Crippen LogP contribution in [0.1, 0.15) is 59.9 Å². The molecule has 0 saturated carbocycles. The van der Waals surface area contributed by atoms with Gasteiger partial charge in [0, 0.05) is 22.3 Å². The van der Waals surface area contributed by atoms with Gasteiger partial charge in [-0.05, 0) is 40.7 Å². The highest BCUT2D eigenvalue weighted by atomic mass is 16.7. The normalized spacial score (nSPS) is 21.3. The molecular weight excluding hydrogens is 249 g/mol. The van der Waals surface area contributed by atoms with Crippen molar-refractivity contribution in [2.75, 3.05) is 0 Å². The van der Waals surface area contributed by atoms with E-state index in [-0.39, 0.29) is 23.7 Å². The average molecular weight is 275 g/mol. The Morgan fingerprint density at radius 2 is 1.50 bits per heavy atom. The van der Waals surface area contributed by atoms with Crippen molar-refractivity contribution < 1.29 is 9.31 Å². The number of aryl methyl sites for hydroxylation is 1. The fourth-order valence-corrected chi connectivity index (χ4v) is 2.33. The Bertz CT molecular complexity index is 502. The minimum atomic E-state index is -0.345. The lowest BCUT2D eigenvalue weighted by Crippen LogP contribution is -2.41. The SMILES string of the molecule is Cc1ccc(B2OC(C)(C)C(C)(C)O2)c(C(C)(C)C)n1. The predicted octanol–water partition coefficient (Wildman–Crippen LogP) is 2.99. The number of pyridine rings is 1. The van der Waals surface area contributed by atoms with Gasteiger partial charge in [-0.15, -0.1) is 0 Å². The highest BCUT2D eigenvalue weighted by Crippen LogP contribution is 2.37. The Hall–Kier alpha value is -0.865. The summed E-state index contributed by atoms with van der Waals surface area (Å²) in [4.78, 5) is 4.72. The average Bonchev–Trinajstić information content (AvgIpc) is 2.46. The van der Waals surface area contributed by atoms with Crippen molar-refractivity contribution in [3.8, 4) is 0 Å². The van der Waals surface area contributed by atoms with Crippen LogP contribution in [0.5, 0.6) is 0 Å². The molecule has 0 radical (unpaired) electrons. The van der Waals surface area contributed by atoms with E-state index in [1.807, 2.05) is 13.0 Å². The third-order valence-electron chi connectivity index (χ3n) is 4.28. The largest absolute Gasteiger partial charge is 0.496 e. The molecule has 4 heteroatoms. The molecule has 20 heavy (non-hydrogen) atoms. The molecular formula is C16H26BNO2. The van der Waals surface area contributed by atoms with Gasteiger partial charge in [-0.2, -0.15) is 0 Å². The lowest BCUT2D eigenvalue weighted by atomic mass is 9.72. The molecule has 0 atom stereocenters. The maximum Gasteiger partial charge on any atom is 0.496 e. The van der Waals surface area contributed by atoms with Gasteiger partial charge in [-0.1, -0.05) is 26.8 Å². The van der Waals surface area contributed by atoms with Crippen LogP contribution in [0.3, 0.4) is 0 Å². The molecule has 3 nitrogen and oxygen atoms in total. The van der Waals surface area contributed by atoms with Crippen LogP contribution in [-0.2, 0) is 14.7 Å². The molecule has 0 bridgehead atoms. The Kier molecular flexibility index (Phi) is 3.55. The second-order valence-corrected chi connectivity index (χ2v) is 7.73. The van der Waals surface area contributed by atoms with Crippen LogP contribution in [0.4, 0.5) is 0 Å². The molecule has 2 rings (SSSR count). The van der Waals surface area contributed by atoms with Crippen molar-refractivity contribution in [3.05, 3.63) is 23.5 Å². The zero-order valence-corrected chi connectivity index (χ0v) is 14.0. The number of rotatable bonds is 1. The molecule has 1 aliphatic heterocycles. The smallest absolute Gasteiger partial charge is 0.399 e. The Labute approximate surface area is 123 Å². The van der Waals surface area contributed by atoms with Crippen molar-refractivity contribution >= 4 is 12.6 Å². The molecule has 0 aromatic carbocycles. The van der Waals surface area contributed by atoms with Gasteiger partial charge in [0.2, 0.25) is 0 Å². The summed E-state index contributed by atoms with van der Waals surface area (Å²) in [5, 5.41) is 0. The van der Waals surface area contributed by atoms with Gasteiger partial charge in [-0.3, -0.25) is 4.98 Å². The lowest BCUT2D eigenvalue weighted by Gasteiger charge is -2.32. The molecule has 1 fully saturated rings. The van der Waals surface area contributed by atoms with E-state index in [0.29, 0.717) is 0 Å². The van der Waals surface area contributed by atoms with E-state index in [9.17, 15) is 0 Å². The van der Waals surface area contributed by atoms with Crippen LogP contribution in [-0.4, -0.2) is 23.3 Å². The van der Waals surface area contributed by atoms with E-state index < -0.39 is 0 Å². The molecule has 1 saturated heterocycles. The number of hydrogen-bond acceptors (Lipinski definition) is 3. The summed E-state index contributed by atoms with van der Waals surface area (Å²) in [5.74, 6) is 0. The minimum absolute atomic E-state index is 0.0368. The van der Waals surface area contributed by atoms with Crippen LogP contribution in [0, 0.1) is 6.92 Å². The quantitative estimate of drug-likeness (QED) is 0.738. The second-order valence-electron chi connectivity index (χ2n) is 7.73. The first-order valence-corrected chi connectivity index (χ1v) is 7.28. The molecule has 0 spiro atoms. The summed E-state index contributed by atoms with van der Waals surface area (Å²) >= 11 is 0. The first-order chi connectivity index (χ1) is 8.94.